The topological polar surface area (TPSA) is 55.5 Å². The Hall–Kier alpha value is -0.420. The maximum atomic E-state index is 9.21. The van der Waals surface area contributed by atoms with Crippen LogP contribution in [0.4, 0.5) is 0 Å². The van der Waals surface area contributed by atoms with E-state index in [-0.39, 0.29) is 6.61 Å². The van der Waals surface area contributed by atoms with Crippen molar-refractivity contribution in [3.05, 3.63) is 22.4 Å². The third-order valence-corrected chi connectivity index (χ3v) is 2.10. The van der Waals surface area contributed by atoms with E-state index in [2.05, 4.69) is 4.84 Å². The molecule has 56 valence electrons. The van der Waals surface area contributed by atoms with E-state index in [0.29, 0.717) is 0 Å². The van der Waals surface area contributed by atoms with Gasteiger partial charge in [-0.25, -0.2) is 5.90 Å². The number of thiophene rings is 1. The molecule has 0 bridgehead atoms. The van der Waals surface area contributed by atoms with E-state index < -0.39 is 6.10 Å². The van der Waals surface area contributed by atoms with Crippen molar-refractivity contribution in [1.29, 1.82) is 0 Å². The fraction of sp³-hybridized carbons (Fsp3) is 0.333. The zero-order chi connectivity index (χ0) is 7.40. The van der Waals surface area contributed by atoms with E-state index in [1.807, 2.05) is 17.5 Å². The van der Waals surface area contributed by atoms with Crippen LogP contribution in [0.25, 0.3) is 0 Å². The summed E-state index contributed by atoms with van der Waals surface area (Å²) >= 11 is 1.49. The number of nitrogens with two attached hydrogens (primary N) is 1. The first kappa shape index (κ1) is 7.68. The molecule has 1 aromatic heterocycles. The molecule has 0 saturated carbocycles. The van der Waals surface area contributed by atoms with Crippen LogP contribution in [0.1, 0.15) is 11.0 Å². The lowest BCUT2D eigenvalue weighted by Gasteiger charge is -2.04. The molecule has 0 aliphatic heterocycles. The lowest BCUT2D eigenvalue weighted by molar-refractivity contribution is 0.0377. The molecule has 1 aromatic rings. The molecule has 10 heavy (non-hydrogen) atoms. The van der Waals surface area contributed by atoms with Crippen LogP contribution in [0, 0.1) is 0 Å². The number of aliphatic hydroxyl groups is 1. The van der Waals surface area contributed by atoms with E-state index in [9.17, 15) is 5.11 Å². The van der Waals surface area contributed by atoms with Crippen molar-refractivity contribution < 1.29 is 9.94 Å². The van der Waals surface area contributed by atoms with Crippen molar-refractivity contribution in [3.63, 3.8) is 0 Å². The van der Waals surface area contributed by atoms with Crippen LogP contribution < -0.4 is 5.90 Å². The zero-order valence-electron chi connectivity index (χ0n) is 5.36. The first-order chi connectivity index (χ1) is 4.84. The maximum Gasteiger partial charge on any atom is 0.113 e. The highest BCUT2D eigenvalue weighted by Gasteiger charge is 2.06. The Morgan fingerprint density at radius 1 is 1.80 bits per heavy atom. The third kappa shape index (κ3) is 1.78. The van der Waals surface area contributed by atoms with Gasteiger partial charge >= 0.3 is 0 Å². The Bertz CT molecular complexity index is 176. The summed E-state index contributed by atoms with van der Waals surface area (Å²) in [6.45, 7) is 0.153. The van der Waals surface area contributed by atoms with E-state index in [1.54, 1.807) is 0 Å². The number of aliphatic hydroxyl groups excluding tert-OH is 1. The standard InChI is InChI=1S/C6H9NO2S/c7-9-4-5(8)6-2-1-3-10-6/h1-3,5,8H,4,7H2. The Balaban J connectivity index is 2.50. The van der Waals surface area contributed by atoms with E-state index >= 15 is 0 Å². The van der Waals surface area contributed by atoms with Gasteiger partial charge in [0.15, 0.2) is 0 Å². The fourth-order valence-corrected chi connectivity index (χ4v) is 1.35. The molecule has 0 fully saturated rings. The second-order valence-corrected chi connectivity index (χ2v) is 2.84. The van der Waals surface area contributed by atoms with Gasteiger partial charge in [-0.05, 0) is 11.4 Å². The predicted octanol–water partition coefficient (Wildman–Crippen LogP) is 0.672. The summed E-state index contributed by atoms with van der Waals surface area (Å²) in [6, 6.07) is 3.72. The molecule has 1 atom stereocenters. The SMILES string of the molecule is NOCC(O)c1cccs1. The summed E-state index contributed by atoms with van der Waals surface area (Å²) < 4.78 is 0. The Labute approximate surface area is 63.0 Å². The quantitative estimate of drug-likeness (QED) is 0.637. The van der Waals surface area contributed by atoms with Gasteiger partial charge in [-0.3, -0.25) is 0 Å². The van der Waals surface area contributed by atoms with Crippen LogP contribution in [-0.4, -0.2) is 11.7 Å². The molecule has 0 aromatic carbocycles. The molecule has 3 nitrogen and oxygen atoms in total. The van der Waals surface area contributed by atoms with Crippen LogP contribution >= 0.6 is 11.3 Å². The minimum Gasteiger partial charge on any atom is -0.385 e. The average Bonchev–Trinajstić information content (AvgIpc) is 2.38. The van der Waals surface area contributed by atoms with Crippen LogP contribution in [-0.2, 0) is 4.84 Å². The van der Waals surface area contributed by atoms with Crippen molar-refractivity contribution in [2.24, 2.45) is 5.90 Å². The van der Waals surface area contributed by atoms with E-state index in [4.69, 9.17) is 5.90 Å². The minimum atomic E-state index is -0.579. The summed E-state index contributed by atoms with van der Waals surface area (Å²) in [5.74, 6) is 4.78. The smallest absolute Gasteiger partial charge is 0.113 e. The van der Waals surface area contributed by atoms with Crippen LogP contribution in [0.15, 0.2) is 17.5 Å². The van der Waals surface area contributed by atoms with Crippen LogP contribution in [0.2, 0.25) is 0 Å². The molecule has 0 spiro atoms. The van der Waals surface area contributed by atoms with Crippen LogP contribution in [0.3, 0.4) is 0 Å². The van der Waals surface area contributed by atoms with Gasteiger partial charge in [0.1, 0.15) is 6.10 Å². The Morgan fingerprint density at radius 3 is 3.10 bits per heavy atom. The normalized spacial score (nSPS) is 13.4. The highest BCUT2D eigenvalue weighted by Crippen LogP contribution is 2.17. The molecule has 3 N–H and O–H groups in total. The maximum absolute atomic E-state index is 9.21. The van der Waals surface area contributed by atoms with Gasteiger partial charge in [0.2, 0.25) is 0 Å². The molecule has 1 rings (SSSR count). The second kappa shape index (κ2) is 3.68. The Morgan fingerprint density at radius 2 is 2.60 bits per heavy atom. The van der Waals surface area contributed by atoms with Gasteiger partial charge < -0.3 is 9.94 Å². The van der Waals surface area contributed by atoms with Crippen molar-refractivity contribution in [2.75, 3.05) is 6.61 Å². The molecular weight excluding hydrogens is 150 g/mol. The van der Waals surface area contributed by atoms with Crippen LogP contribution in [0.5, 0.6) is 0 Å². The molecule has 0 radical (unpaired) electrons. The monoisotopic (exact) mass is 159 g/mol. The first-order valence-electron chi connectivity index (χ1n) is 2.87. The van der Waals surface area contributed by atoms with Gasteiger partial charge in [-0.1, -0.05) is 6.07 Å². The number of hydrogen-bond donors (Lipinski definition) is 2. The van der Waals surface area contributed by atoms with E-state index in [1.165, 1.54) is 11.3 Å². The molecular formula is C6H9NO2S. The van der Waals surface area contributed by atoms with Gasteiger partial charge in [0, 0.05) is 4.88 Å². The zero-order valence-corrected chi connectivity index (χ0v) is 6.17. The molecule has 0 saturated heterocycles. The molecule has 0 aliphatic rings. The Kier molecular flexibility index (Phi) is 2.82. The molecule has 0 aliphatic carbocycles. The van der Waals surface area contributed by atoms with Crippen molar-refractivity contribution >= 4 is 11.3 Å². The van der Waals surface area contributed by atoms with E-state index in [0.717, 1.165) is 4.88 Å². The van der Waals surface area contributed by atoms with Gasteiger partial charge in [-0.2, -0.15) is 0 Å². The summed E-state index contributed by atoms with van der Waals surface area (Å²) in [5.41, 5.74) is 0. The predicted molar refractivity (Wildman–Crippen MR) is 39.4 cm³/mol. The van der Waals surface area contributed by atoms with Gasteiger partial charge in [-0.15, -0.1) is 11.3 Å². The lowest BCUT2D eigenvalue weighted by Crippen LogP contribution is -2.09. The third-order valence-electron chi connectivity index (χ3n) is 1.13. The average molecular weight is 159 g/mol. The summed E-state index contributed by atoms with van der Waals surface area (Å²) in [6.07, 6.45) is -0.579. The van der Waals surface area contributed by atoms with Crippen molar-refractivity contribution in [2.45, 2.75) is 6.10 Å². The summed E-state index contributed by atoms with van der Waals surface area (Å²) in [5, 5.41) is 11.1. The highest BCUT2D eigenvalue weighted by atomic mass is 32.1. The number of hydrogen-bond acceptors (Lipinski definition) is 4. The highest BCUT2D eigenvalue weighted by molar-refractivity contribution is 7.10. The van der Waals surface area contributed by atoms with Crippen molar-refractivity contribution in [3.8, 4) is 0 Å². The molecule has 4 heteroatoms. The molecule has 1 unspecified atom stereocenters. The minimum absolute atomic E-state index is 0.153. The first-order valence-corrected chi connectivity index (χ1v) is 3.75. The fourth-order valence-electron chi connectivity index (χ4n) is 0.654. The lowest BCUT2D eigenvalue weighted by atomic mass is 10.3. The molecule has 0 amide bonds. The second-order valence-electron chi connectivity index (χ2n) is 1.86. The van der Waals surface area contributed by atoms with Crippen molar-refractivity contribution in [1.82, 2.24) is 0 Å². The molecule has 1 heterocycles. The number of rotatable bonds is 3. The van der Waals surface area contributed by atoms with Gasteiger partial charge in [0.05, 0.1) is 6.61 Å². The summed E-state index contributed by atoms with van der Waals surface area (Å²) in [4.78, 5) is 5.16. The largest absolute Gasteiger partial charge is 0.385 e. The van der Waals surface area contributed by atoms with Gasteiger partial charge in [0.25, 0.3) is 0 Å². The summed E-state index contributed by atoms with van der Waals surface area (Å²) in [7, 11) is 0.